The van der Waals surface area contributed by atoms with E-state index in [4.69, 9.17) is 0 Å². The van der Waals surface area contributed by atoms with Crippen LogP contribution in [0.15, 0.2) is 0 Å². The van der Waals surface area contributed by atoms with Gasteiger partial charge in [-0.25, -0.2) is 0 Å². The van der Waals surface area contributed by atoms with E-state index in [9.17, 15) is 30.7 Å². The van der Waals surface area contributed by atoms with Crippen LogP contribution in [0, 0.1) is 37.7 Å². The van der Waals surface area contributed by atoms with Gasteiger partial charge in [0.15, 0.2) is 0 Å². The summed E-state index contributed by atoms with van der Waals surface area (Å²) in [5.74, 6) is 0. The summed E-state index contributed by atoms with van der Waals surface area (Å²) >= 11 is 0. The molecule has 0 aliphatic heterocycles. The van der Waals surface area contributed by atoms with Gasteiger partial charge in [0.25, 0.3) is 0 Å². The van der Waals surface area contributed by atoms with E-state index in [-0.39, 0.29) is 37.7 Å². The SMILES string of the molecule is FC(F)(F)F.FC(F)F.[Ar]. The molecule has 0 aliphatic carbocycles. The van der Waals surface area contributed by atoms with Crippen LogP contribution in [0.25, 0.3) is 0 Å². The summed E-state index contributed by atoms with van der Waals surface area (Å²) in [7, 11) is 0. The van der Waals surface area contributed by atoms with Gasteiger partial charge in [-0.3, -0.25) is 0 Å². The average molecular weight is 198 g/mol. The first-order valence-corrected chi connectivity index (χ1v) is 1.41. The molecule has 0 unspecified atom stereocenters. The summed E-state index contributed by atoms with van der Waals surface area (Å²) in [5.41, 5.74) is 0. The van der Waals surface area contributed by atoms with Crippen molar-refractivity contribution in [1.29, 1.82) is 0 Å². The summed E-state index contributed by atoms with van der Waals surface area (Å²) in [4.78, 5) is 0. The van der Waals surface area contributed by atoms with Gasteiger partial charge in [0, 0.05) is 37.7 Å². The molecule has 0 saturated carbocycles. The van der Waals surface area contributed by atoms with E-state index in [2.05, 4.69) is 0 Å². The third-order valence-electron chi connectivity index (χ3n) is 0. The van der Waals surface area contributed by atoms with Crippen LogP contribution in [0.5, 0.6) is 0 Å². The van der Waals surface area contributed by atoms with Crippen LogP contribution < -0.4 is 0 Å². The van der Waals surface area contributed by atoms with Crippen molar-refractivity contribution in [2.75, 3.05) is 0 Å². The standard InChI is InChI=1S/CF4.CHF3.Ar/c2-1(3,4)5;2-1(3)4;/h;1H;. The van der Waals surface area contributed by atoms with Crippen molar-refractivity contribution < 1.29 is 68.5 Å². The molecule has 0 saturated heterocycles. The van der Waals surface area contributed by atoms with Gasteiger partial charge in [-0.1, -0.05) is 0 Å². The summed E-state index contributed by atoms with van der Waals surface area (Å²) < 4.78 is 67.8. The quantitative estimate of drug-likeness (QED) is 0.524. The fourth-order valence-electron chi connectivity index (χ4n) is 0. The average Bonchev–Trinajstić information content (AvgIpc) is 1.19. The molecule has 0 N–H and O–H groups in total. The van der Waals surface area contributed by atoms with E-state index in [1.807, 2.05) is 0 Å². The van der Waals surface area contributed by atoms with Crippen LogP contribution in [0.2, 0.25) is 0 Å². The van der Waals surface area contributed by atoms with Gasteiger partial charge in [0.1, 0.15) is 0 Å². The van der Waals surface area contributed by atoms with Crippen molar-refractivity contribution in [2.24, 2.45) is 0 Å². The van der Waals surface area contributed by atoms with E-state index in [0.29, 0.717) is 0 Å². The van der Waals surface area contributed by atoms with Crippen molar-refractivity contribution in [3.63, 3.8) is 0 Å². The fourth-order valence-corrected chi connectivity index (χ4v) is 0. The van der Waals surface area contributed by atoms with Crippen molar-refractivity contribution >= 4 is 0 Å². The Morgan fingerprint density at radius 2 is 0.800 bits per heavy atom. The number of hydrogen-bond acceptors (Lipinski definition) is 0. The van der Waals surface area contributed by atoms with Crippen LogP contribution in [0.4, 0.5) is 30.7 Å². The van der Waals surface area contributed by atoms with E-state index >= 15 is 0 Å². The van der Waals surface area contributed by atoms with Crippen molar-refractivity contribution in [2.45, 2.75) is 13.1 Å². The van der Waals surface area contributed by atoms with Crippen molar-refractivity contribution in [3.8, 4) is 0 Å². The number of hydrogen-bond donors (Lipinski definition) is 0. The summed E-state index contributed by atoms with van der Waals surface area (Å²) in [6, 6.07) is 0. The molecule has 8 heteroatoms. The molecule has 0 radical (unpaired) electrons. The first-order valence-electron chi connectivity index (χ1n) is 1.41. The Bertz CT molecular complexity index is 48.4. The maximum Gasteiger partial charge on any atom is 0.559 e. The van der Waals surface area contributed by atoms with E-state index < -0.39 is 13.1 Å². The molecule has 0 spiro atoms. The second-order valence-corrected chi connectivity index (χ2v) is 0.676. The summed E-state index contributed by atoms with van der Waals surface area (Å²) in [6.07, 6.45) is -5.50. The molecular formula is C2HArF7. The molecule has 0 aliphatic rings. The second kappa shape index (κ2) is 7.87. The third-order valence-corrected chi connectivity index (χ3v) is 0. The number of halogens is 7. The van der Waals surface area contributed by atoms with Gasteiger partial charge in [-0.2, -0.15) is 13.2 Å². The molecule has 0 nitrogen and oxygen atoms in total. The molecular weight excluding hydrogens is 197 g/mol. The minimum atomic E-state index is -5.50. The maximum atomic E-state index is 9.69. The van der Waals surface area contributed by atoms with Gasteiger partial charge < -0.3 is 0 Å². The normalized spacial score (nSPS) is 9.60. The maximum absolute atomic E-state index is 9.69. The van der Waals surface area contributed by atoms with Crippen molar-refractivity contribution in [3.05, 3.63) is 0 Å². The monoisotopic (exact) mass is 198 g/mol. The van der Waals surface area contributed by atoms with Crippen LogP contribution in [-0.4, -0.2) is 13.1 Å². The largest absolute Gasteiger partial charge is 0.559 e. The smallest absolute Gasteiger partial charge is 0.174 e. The van der Waals surface area contributed by atoms with Crippen LogP contribution in [0.3, 0.4) is 0 Å². The van der Waals surface area contributed by atoms with Gasteiger partial charge in [-0.15, -0.1) is 17.6 Å². The van der Waals surface area contributed by atoms with E-state index in [1.165, 1.54) is 0 Å². The number of rotatable bonds is 0. The zero-order chi connectivity index (χ0) is 8.08. The predicted octanol–water partition coefficient (Wildman–Crippen LogP) is 2.65. The Balaban J connectivity index is -0.0000000910. The summed E-state index contributed by atoms with van der Waals surface area (Å²) in [5, 5.41) is 0. The topological polar surface area (TPSA) is 0 Å². The Labute approximate surface area is 81.4 Å². The molecule has 0 bridgehead atoms. The van der Waals surface area contributed by atoms with Gasteiger partial charge in [-0.05, 0) is 0 Å². The molecule has 0 aromatic rings. The molecule has 0 aromatic heterocycles. The molecule has 0 aromatic carbocycles. The molecule has 0 heterocycles. The van der Waals surface area contributed by atoms with Crippen LogP contribution >= 0.6 is 0 Å². The zero-order valence-corrected chi connectivity index (χ0v) is 4.78. The molecule has 0 atom stereocenters. The molecule has 0 rings (SSSR count). The van der Waals surface area contributed by atoms with Crippen LogP contribution in [0.1, 0.15) is 0 Å². The third kappa shape index (κ3) is 894. The van der Waals surface area contributed by atoms with E-state index in [1.54, 1.807) is 0 Å². The predicted molar refractivity (Wildman–Crippen MR) is 14.3 cm³/mol. The summed E-state index contributed by atoms with van der Waals surface area (Å²) in [6.45, 7) is -3.67. The minimum absolute atomic E-state index is 0. The fraction of sp³-hybridized carbons (Fsp3) is 1.00. The number of alkyl halides is 7. The van der Waals surface area contributed by atoms with Gasteiger partial charge in [0.05, 0.1) is 0 Å². The van der Waals surface area contributed by atoms with Crippen LogP contribution in [-0.2, 0) is 0 Å². The molecule has 0 amide bonds. The van der Waals surface area contributed by atoms with E-state index in [0.717, 1.165) is 0 Å². The first-order chi connectivity index (χ1) is 3.73. The van der Waals surface area contributed by atoms with Gasteiger partial charge >= 0.3 is 13.1 Å². The molecule has 0 fully saturated rings. The first kappa shape index (κ1) is 17.0. The Hall–Kier alpha value is 0.770. The van der Waals surface area contributed by atoms with Crippen molar-refractivity contribution in [1.82, 2.24) is 0 Å². The Morgan fingerprint density at radius 3 is 0.800 bits per heavy atom. The van der Waals surface area contributed by atoms with Gasteiger partial charge in [0.2, 0.25) is 0 Å². The Kier molecular flexibility index (Phi) is 13.4. The zero-order valence-electron chi connectivity index (χ0n) is 4.08. The Morgan fingerprint density at radius 1 is 0.800 bits per heavy atom. The minimum Gasteiger partial charge on any atom is -0.174 e. The molecule has 10 heavy (non-hydrogen) atoms. The molecule has 66 valence electrons. The second-order valence-electron chi connectivity index (χ2n) is 0.676.